The summed E-state index contributed by atoms with van der Waals surface area (Å²) in [6, 6.07) is 9.38. The number of imide groups is 1. The molecule has 2 N–H and O–H groups in total. The number of benzene rings is 2. The van der Waals surface area contributed by atoms with Crippen LogP contribution in [0.15, 0.2) is 30.3 Å². The quantitative estimate of drug-likeness (QED) is 0.362. The van der Waals surface area contributed by atoms with Crippen LogP contribution in [0.25, 0.3) is 10.8 Å². The van der Waals surface area contributed by atoms with E-state index >= 15 is 0 Å². The molecule has 1 heterocycles. The fraction of sp³-hybridized carbons (Fsp3) is 0.519. The third kappa shape index (κ3) is 6.72. The lowest BCUT2D eigenvalue weighted by Crippen LogP contribution is -2.40. The van der Waals surface area contributed by atoms with Crippen molar-refractivity contribution in [3.05, 3.63) is 41.5 Å². The number of unbranched alkanes of at least 4 members (excludes halogenated alkanes) is 2. The SMILES string of the molecule is CCCCCN1C(=O)c2cccc3c(NCCN(C)CCNC(=O)OC(C)(C)C)ccc(c23)C1=O. The highest BCUT2D eigenvalue weighted by molar-refractivity contribution is 6.26. The van der Waals surface area contributed by atoms with Gasteiger partial charge in [-0.2, -0.15) is 0 Å². The lowest BCUT2D eigenvalue weighted by molar-refractivity contribution is 0.0522. The molecule has 35 heavy (non-hydrogen) atoms. The maximum atomic E-state index is 13.1. The number of alkyl carbamates (subject to hydrolysis) is 1. The van der Waals surface area contributed by atoms with Gasteiger partial charge >= 0.3 is 6.09 Å². The summed E-state index contributed by atoms with van der Waals surface area (Å²) >= 11 is 0. The molecule has 0 radical (unpaired) electrons. The van der Waals surface area contributed by atoms with Gasteiger partial charge in [0.2, 0.25) is 0 Å². The zero-order valence-corrected chi connectivity index (χ0v) is 21.6. The van der Waals surface area contributed by atoms with E-state index in [4.69, 9.17) is 4.74 Å². The zero-order valence-electron chi connectivity index (χ0n) is 21.6. The zero-order chi connectivity index (χ0) is 25.6. The summed E-state index contributed by atoms with van der Waals surface area (Å²) < 4.78 is 5.25. The Morgan fingerprint density at radius 3 is 2.37 bits per heavy atom. The summed E-state index contributed by atoms with van der Waals surface area (Å²) in [5.74, 6) is -0.419. The normalized spacial score (nSPS) is 13.5. The standard InChI is InChI=1S/C27H38N4O4/c1-6-7-8-16-31-24(32)20-11-9-10-19-22(13-12-21(23(19)20)25(31)33)28-14-17-30(5)18-15-29-26(34)35-27(2,3)4/h9-13,28H,6-8,14-18H2,1-5H3,(H,29,34). The van der Waals surface area contributed by atoms with Crippen molar-refractivity contribution in [2.24, 2.45) is 0 Å². The molecule has 8 heteroatoms. The Morgan fingerprint density at radius 2 is 1.69 bits per heavy atom. The van der Waals surface area contributed by atoms with Crippen molar-refractivity contribution in [3.63, 3.8) is 0 Å². The molecule has 8 nitrogen and oxygen atoms in total. The second-order valence-electron chi connectivity index (χ2n) is 10.0. The van der Waals surface area contributed by atoms with E-state index in [0.29, 0.717) is 37.3 Å². The number of hydrogen-bond acceptors (Lipinski definition) is 6. The lowest BCUT2D eigenvalue weighted by Gasteiger charge is -2.28. The molecule has 0 bridgehead atoms. The topological polar surface area (TPSA) is 91.0 Å². The maximum absolute atomic E-state index is 13.1. The van der Waals surface area contributed by atoms with Crippen LogP contribution in [0.2, 0.25) is 0 Å². The van der Waals surface area contributed by atoms with Crippen LogP contribution in [0, 0.1) is 0 Å². The van der Waals surface area contributed by atoms with Crippen LogP contribution in [-0.4, -0.2) is 73.1 Å². The van der Waals surface area contributed by atoms with E-state index in [9.17, 15) is 14.4 Å². The van der Waals surface area contributed by atoms with Crippen molar-refractivity contribution in [3.8, 4) is 0 Å². The van der Waals surface area contributed by atoms with Crippen LogP contribution in [-0.2, 0) is 4.74 Å². The minimum absolute atomic E-state index is 0.210. The molecule has 0 saturated carbocycles. The molecule has 1 aliphatic heterocycles. The first kappa shape index (κ1) is 26.5. The number of rotatable bonds is 11. The minimum Gasteiger partial charge on any atom is -0.444 e. The molecule has 3 amide bonds. The summed E-state index contributed by atoms with van der Waals surface area (Å²) in [5, 5.41) is 7.82. The van der Waals surface area contributed by atoms with Gasteiger partial charge in [-0.15, -0.1) is 0 Å². The third-order valence-corrected chi connectivity index (χ3v) is 5.95. The van der Waals surface area contributed by atoms with Gasteiger partial charge in [0, 0.05) is 60.3 Å². The molecule has 1 aliphatic rings. The molecule has 0 aliphatic carbocycles. The Bertz CT molecular complexity index is 1050. The summed E-state index contributed by atoms with van der Waals surface area (Å²) in [4.78, 5) is 41.4. The van der Waals surface area contributed by atoms with E-state index in [1.54, 1.807) is 0 Å². The first-order valence-corrected chi connectivity index (χ1v) is 12.4. The number of hydrogen-bond donors (Lipinski definition) is 2. The van der Waals surface area contributed by atoms with Crippen molar-refractivity contribution in [1.29, 1.82) is 0 Å². The van der Waals surface area contributed by atoms with Crippen LogP contribution >= 0.6 is 0 Å². The van der Waals surface area contributed by atoms with Crippen LogP contribution < -0.4 is 10.6 Å². The maximum Gasteiger partial charge on any atom is 0.407 e. The fourth-order valence-electron chi connectivity index (χ4n) is 4.18. The molecule has 0 saturated heterocycles. The molecule has 2 aromatic rings. The highest BCUT2D eigenvalue weighted by atomic mass is 16.6. The van der Waals surface area contributed by atoms with Gasteiger partial charge in [-0.25, -0.2) is 4.79 Å². The predicted octanol–water partition coefficient (Wildman–Crippen LogP) is 4.49. The lowest BCUT2D eigenvalue weighted by atomic mass is 9.93. The second-order valence-corrected chi connectivity index (χ2v) is 10.0. The van der Waals surface area contributed by atoms with Crippen LogP contribution in [0.4, 0.5) is 10.5 Å². The average molecular weight is 483 g/mol. The van der Waals surface area contributed by atoms with Gasteiger partial charge in [-0.05, 0) is 52.4 Å². The Balaban J connectivity index is 1.60. The molecule has 0 unspecified atom stereocenters. The van der Waals surface area contributed by atoms with Crippen LogP contribution in [0.3, 0.4) is 0 Å². The molecule has 0 spiro atoms. The van der Waals surface area contributed by atoms with Gasteiger partial charge < -0.3 is 20.3 Å². The first-order chi connectivity index (χ1) is 16.6. The largest absolute Gasteiger partial charge is 0.444 e. The van der Waals surface area contributed by atoms with Gasteiger partial charge in [0.25, 0.3) is 11.8 Å². The minimum atomic E-state index is -0.513. The number of ether oxygens (including phenoxy) is 1. The van der Waals surface area contributed by atoms with Crippen molar-refractivity contribution < 1.29 is 19.1 Å². The van der Waals surface area contributed by atoms with E-state index in [0.717, 1.165) is 42.3 Å². The van der Waals surface area contributed by atoms with E-state index in [1.165, 1.54) is 4.90 Å². The highest BCUT2D eigenvalue weighted by Gasteiger charge is 2.32. The number of amides is 3. The van der Waals surface area contributed by atoms with E-state index in [-0.39, 0.29) is 11.8 Å². The summed E-state index contributed by atoms with van der Waals surface area (Å²) in [6.45, 7) is 10.7. The molecular formula is C27H38N4O4. The summed E-state index contributed by atoms with van der Waals surface area (Å²) in [5.41, 5.74) is 1.55. The smallest absolute Gasteiger partial charge is 0.407 e. The predicted molar refractivity (Wildman–Crippen MR) is 139 cm³/mol. The fourth-order valence-corrected chi connectivity index (χ4v) is 4.18. The summed E-state index contributed by atoms with van der Waals surface area (Å²) in [6.07, 6.45) is 2.43. The molecule has 0 atom stereocenters. The molecule has 3 rings (SSSR count). The van der Waals surface area contributed by atoms with E-state index < -0.39 is 11.7 Å². The van der Waals surface area contributed by atoms with Gasteiger partial charge in [0.05, 0.1) is 0 Å². The van der Waals surface area contributed by atoms with Gasteiger partial charge in [0.1, 0.15) is 5.60 Å². The average Bonchev–Trinajstić information content (AvgIpc) is 2.79. The van der Waals surface area contributed by atoms with Crippen LogP contribution in [0.1, 0.15) is 67.7 Å². The number of anilines is 1. The van der Waals surface area contributed by atoms with E-state index in [2.05, 4.69) is 22.5 Å². The van der Waals surface area contributed by atoms with Crippen molar-refractivity contribution in [2.75, 3.05) is 45.1 Å². The second kappa shape index (κ2) is 11.5. The highest BCUT2D eigenvalue weighted by Crippen LogP contribution is 2.34. The Morgan fingerprint density at radius 1 is 1.00 bits per heavy atom. The number of likely N-dealkylation sites (N-methyl/N-ethyl adjacent to an activating group) is 1. The molecule has 190 valence electrons. The van der Waals surface area contributed by atoms with Crippen LogP contribution in [0.5, 0.6) is 0 Å². The van der Waals surface area contributed by atoms with E-state index in [1.807, 2.05) is 58.2 Å². The van der Waals surface area contributed by atoms with Gasteiger partial charge in [-0.3, -0.25) is 14.5 Å². The molecule has 0 aromatic heterocycles. The number of nitrogens with one attached hydrogen (secondary N) is 2. The molecule has 2 aromatic carbocycles. The van der Waals surface area contributed by atoms with Crippen molar-refractivity contribution >= 4 is 34.4 Å². The Kier molecular flexibility index (Phi) is 8.72. The number of nitrogens with zero attached hydrogens (tertiary/aromatic N) is 2. The third-order valence-electron chi connectivity index (χ3n) is 5.95. The van der Waals surface area contributed by atoms with Crippen molar-refractivity contribution in [2.45, 2.75) is 52.6 Å². The van der Waals surface area contributed by atoms with Crippen molar-refractivity contribution in [1.82, 2.24) is 15.1 Å². The summed E-state index contributed by atoms with van der Waals surface area (Å²) in [7, 11) is 1.99. The Labute approximate surface area is 208 Å². The Hall–Kier alpha value is -3.13. The molecular weight excluding hydrogens is 444 g/mol. The molecule has 0 fully saturated rings. The number of carbonyl (C=O) groups excluding carboxylic acids is 3. The first-order valence-electron chi connectivity index (χ1n) is 12.4. The number of carbonyl (C=O) groups is 3. The monoisotopic (exact) mass is 482 g/mol. The van der Waals surface area contributed by atoms with Gasteiger partial charge in [-0.1, -0.05) is 31.9 Å². The van der Waals surface area contributed by atoms with Gasteiger partial charge in [0.15, 0.2) is 0 Å².